The molecule has 0 amide bonds. The van der Waals surface area contributed by atoms with E-state index in [-0.39, 0.29) is 0 Å². The Bertz CT molecular complexity index is 510. The molecule has 0 saturated heterocycles. The Morgan fingerprint density at radius 2 is 2.35 bits per heavy atom. The number of aryl methyl sites for hydroxylation is 1. The highest BCUT2D eigenvalue weighted by Gasteiger charge is 2.22. The molecule has 2 aromatic rings. The van der Waals surface area contributed by atoms with Gasteiger partial charge < -0.3 is 9.84 Å². The molecule has 1 N–H and O–H groups in total. The zero-order valence-electron chi connectivity index (χ0n) is 9.32. The Balaban J connectivity index is 1.71. The van der Waals surface area contributed by atoms with Crippen molar-refractivity contribution in [3.05, 3.63) is 52.4 Å². The highest BCUT2D eigenvalue weighted by atomic mass is 35.5. The van der Waals surface area contributed by atoms with E-state index < -0.39 is 0 Å². The van der Waals surface area contributed by atoms with Gasteiger partial charge >= 0.3 is 0 Å². The Hall–Kier alpha value is -1.32. The van der Waals surface area contributed by atoms with Crippen LogP contribution in [0.1, 0.15) is 29.3 Å². The van der Waals surface area contributed by atoms with E-state index in [1.807, 2.05) is 12.1 Å². The van der Waals surface area contributed by atoms with Gasteiger partial charge in [-0.1, -0.05) is 22.8 Å². The Morgan fingerprint density at radius 3 is 3.18 bits per heavy atom. The van der Waals surface area contributed by atoms with Crippen LogP contribution in [0.4, 0.5) is 0 Å². The molecule has 1 aromatic heterocycles. The topological polar surface area (TPSA) is 38.1 Å². The molecule has 0 bridgehead atoms. The third-order valence-electron chi connectivity index (χ3n) is 3.20. The number of hydrogen-bond donors (Lipinski definition) is 1. The van der Waals surface area contributed by atoms with Gasteiger partial charge in [-0.15, -0.1) is 0 Å². The third-order valence-corrected chi connectivity index (χ3v) is 3.43. The van der Waals surface area contributed by atoms with Gasteiger partial charge in [0.25, 0.3) is 0 Å². The zero-order valence-corrected chi connectivity index (χ0v) is 10.1. The van der Waals surface area contributed by atoms with Crippen molar-refractivity contribution in [1.29, 1.82) is 0 Å². The molecule has 1 unspecified atom stereocenters. The molecule has 17 heavy (non-hydrogen) atoms. The van der Waals surface area contributed by atoms with Gasteiger partial charge in [-0.2, -0.15) is 0 Å². The molecule has 1 aromatic carbocycles. The molecule has 1 heterocycles. The number of halogens is 1. The van der Waals surface area contributed by atoms with E-state index in [1.165, 1.54) is 11.1 Å². The molecule has 3 rings (SSSR count). The largest absolute Gasteiger partial charge is 0.360 e. The van der Waals surface area contributed by atoms with Crippen LogP contribution in [0, 0.1) is 0 Å². The molecule has 1 atom stereocenters. The molecule has 88 valence electrons. The number of nitrogens with zero attached hydrogens (tertiary/aromatic N) is 1. The predicted molar refractivity (Wildman–Crippen MR) is 65.9 cm³/mol. The van der Waals surface area contributed by atoms with E-state index in [0.29, 0.717) is 12.6 Å². The lowest BCUT2D eigenvalue weighted by molar-refractivity contribution is 0.363. The summed E-state index contributed by atoms with van der Waals surface area (Å²) in [5.74, 6) is 0.868. The smallest absolute Gasteiger partial charge is 0.150 e. The predicted octanol–water partition coefficient (Wildman–Crippen LogP) is 3.11. The van der Waals surface area contributed by atoms with Crippen LogP contribution in [0.5, 0.6) is 0 Å². The summed E-state index contributed by atoms with van der Waals surface area (Å²) in [5, 5.41) is 7.99. The minimum atomic E-state index is 0.396. The van der Waals surface area contributed by atoms with Crippen LogP contribution in [-0.2, 0) is 13.0 Å². The molecular weight excluding hydrogens is 236 g/mol. The first kappa shape index (κ1) is 10.8. The quantitative estimate of drug-likeness (QED) is 0.907. The average Bonchev–Trinajstić information content (AvgIpc) is 2.94. The van der Waals surface area contributed by atoms with Crippen molar-refractivity contribution in [2.75, 3.05) is 0 Å². The number of benzene rings is 1. The van der Waals surface area contributed by atoms with E-state index in [0.717, 1.165) is 23.6 Å². The van der Waals surface area contributed by atoms with Crippen molar-refractivity contribution in [2.24, 2.45) is 0 Å². The van der Waals surface area contributed by atoms with E-state index in [2.05, 4.69) is 22.6 Å². The summed E-state index contributed by atoms with van der Waals surface area (Å²) >= 11 is 5.99. The second-order valence-electron chi connectivity index (χ2n) is 4.29. The van der Waals surface area contributed by atoms with Gasteiger partial charge in [0.1, 0.15) is 5.76 Å². The van der Waals surface area contributed by atoms with E-state index >= 15 is 0 Å². The molecule has 0 saturated carbocycles. The first-order valence-corrected chi connectivity index (χ1v) is 6.12. The lowest BCUT2D eigenvalue weighted by Gasteiger charge is -2.12. The van der Waals surface area contributed by atoms with E-state index in [1.54, 1.807) is 6.20 Å². The zero-order chi connectivity index (χ0) is 11.7. The number of fused-ring (bicyclic) bond motifs is 1. The van der Waals surface area contributed by atoms with Crippen molar-refractivity contribution in [3.8, 4) is 0 Å². The standard InChI is InChI=1S/C13H13ClN2O/c14-10-2-3-12-9(7-10)1-4-13(12)15-8-11-5-6-16-17-11/h2-3,5-7,13,15H,1,4,8H2. The average molecular weight is 249 g/mol. The molecular formula is C13H13ClN2O. The second-order valence-corrected chi connectivity index (χ2v) is 4.73. The number of rotatable bonds is 3. The second kappa shape index (κ2) is 4.51. The fourth-order valence-corrected chi connectivity index (χ4v) is 2.55. The first-order valence-electron chi connectivity index (χ1n) is 5.74. The Labute approximate surface area is 105 Å². The summed E-state index contributed by atoms with van der Waals surface area (Å²) in [6.45, 7) is 0.715. The van der Waals surface area contributed by atoms with E-state index in [9.17, 15) is 0 Å². The maximum absolute atomic E-state index is 5.99. The Morgan fingerprint density at radius 1 is 1.41 bits per heavy atom. The number of aromatic nitrogens is 1. The summed E-state index contributed by atoms with van der Waals surface area (Å²) in [7, 11) is 0. The van der Waals surface area contributed by atoms with Gasteiger partial charge in [-0.3, -0.25) is 0 Å². The van der Waals surface area contributed by atoms with Crippen LogP contribution in [0.25, 0.3) is 0 Å². The van der Waals surface area contributed by atoms with Crippen LogP contribution < -0.4 is 5.32 Å². The molecule has 0 spiro atoms. The van der Waals surface area contributed by atoms with Crippen molar-refractivity contribution < 1.29 is 4.52 Å². The SMILES string of the molecule is Clc1ccc2c(c1)CCC2NCc1ccno1. The highest BCUT2D eigenvalue weighted by Crippen LogP contribution is 2.32. The summed E-state index contributed by atoms with van der Waals surface area (Å²) < 4.78 is 5.07. The fourth-order valence-electron chi connectivity index (χ4n) is 2.36. The maximum atomic E-state index is 5.99. The van der Waals surface area contributed by atoms with Crippen LogP contribution in [0.15, 0.2) is 35.0 Å². The van der Waals surface area contributed by atoms with Gasteiger partial charge in [0, 0.05) is 17.1 Å². The molecule has 3 nitrogen and oxygen atoms in total. The summed E-state index contributed by atoms with van der Waals surface area (Å²) in [6, 6.07) is 8.40. The number of hydrogen-bond acceptors (Lipinski definition) is 3. The fraction of sp³-hybridized carbons (Fsp3) is 0.308. The summed E-state index contributed by atoms with van der Waals surface area (Å²) in [5.41, 5.74) is 2.71. The molecule has 0 fully saturated rings. The monoisotopic (exact) mass is 248 g/mol. The van der Waals surface area contributed by atoms with Crippen LogP contribution in [0.3, 0.4) is 0 Å². The lowest BCUT2D eigenvalue weighted by atomic mass is 10.1. The lowest BCUT2D eigenvalue weighted by Crippen LogP contribution is -2.18. The Kier molecular flexibility index (Phi) is 2.87. The van der Waals surface area contributed by atoms with Gasteiger partial charge in [0.2, 0.25) is 0 Å². The first-order chi connectivity index (χ1) is 8.33. The molecule has 1 aliphatic rings. The maximum Gasteiger partial charge on any atom is 0.150 e. The summed E-state index contributed by atoms with van der Waals surface area (Å²) in [6.07, 6.45) is 3.87. The molecule has 0 aliphatic heterocycles. The molecule has 4 heteroatoms. The van der Waals surface area contributed by atoms with Crippen molar-refractivity contribution >= 4 is 11.6 Å². The van der Waals surface area contributed by atoms with Crippen LogP contribution in [0.2, 0.25) is 5.02 Å². The third kappa shape index (κ3) is 2.21. The normalized spacial score (nSPS) is 18.3. The van der Waals surface area contributed by atoms with Gasteiger partial charge in [-0.25, -0.2) is 0 Å². The highest BCUT2D eigenvalue weighted by molar-refractivity contribution is 6.30. The minimum Gasteiger partial charge on any atom is -0.360 e. The van der Waals surface area contributed by atoms with Gasteiger partial charge in [0.05, 0.1) is 12.7 Å². The number of nitrogens with one attached hydrogen (secondary N) is 1. The van der Waals surface area contributed by atoms with Crippen molar-refractivity contribution in [2.45, 2.75) is 25.4 Å². The molecule has 0 radical (unpaired) electrons. The molecule has 1 aliphatic carbocycles. The van der Waals surface area contributed by atoms with Crippen LogP contribution in [-0.4, -0.2) is 5.16 Å². The van der Waals surface area contributed by atoms with Gasteiger partial charge in [-0.05, 0) is 36.1 Å². The minimum absolute atomic E-state index is 0.396. The van der Waals surface area contributed by atoms with Crippen molar-refractivity contribution in [3.63, 3.8) is 0 Å². The van der Waals surface area contributed by atoms with Crippen LogP contribution >= 0.6 is 11.6 Å². The van der Waals surface area contributed by atoms with Crippen molar-refractivity contribution in [1.82, 2.24) is 10.5 Å². The van der Waals surface area contributed by atoms with Gasteiger partial charge in [0.15, 0.2) is 0 Å². The summed E-state index contributed by atoms with van der Waals surface area (Å²) in [4.78, 5) is 0. The van der Waals surface area contributed by atoms with E-state index in [4.69, 9.17) is 16.1 Å².